The number of carbonyl (C=O) groups excluding carboxylic acids is 1. The van der Waals surface area contributed by atoms with Gasteiger partial charge in [0.1, 0.15) is 5.75 Å². The van der Waals surface area contributed by atoms with Crippen molar-refractivity contribution in [1.82, 2.24) is 15.5 Å². The number of hydrogen-bond donors (Lipinski definition) is 3. The lowest BCUT2D eigenvalue weighted by molar-refractivity contribution is 0.0913. The average molecular weight is 403 g/mol. The molecule has 0 saturated carbocycles. The van der Waals surface area contributed by atoms with Gasteiger partial charge in [0.25, 0.3) is 5.91 Å². The van der Waals surface area contributed by atoms with E-state index in [-0.39, 0.29) is 12.5 Å². The van der Waals surface area contributed by atoms with Gasteiger partial charge < -0.3 is 19.6 Å². The molecule has 0 aliphatic rings. The van der Waals surface area contributed by atoms with Crippen LogP contribution in [0.2, 0.25) is 0 Å². The Labute approximate surface area is 173 Å². The topological polar surface area (TPSA) is 100 Å². The van der Waals surface area contributed by atoms with E-state index in [2.05, 4.69) is 15.5 Å². The van der Waals surface area contributed by atoms with E-state index in [9.17, 15) is 9.90 Å². The summed E-state index contributed by atoms with van der Waals surface area (Å²) in [6.45, 7) is -0.218. The predicted octanol–water partition coefficient (Wildman–Crippen LogP) is 3.80. The molecule has 2 heterocycles. The largest absolute Gasteiger partial charge is 0.495 e. The van der Waals surface area contributed by atoms with E-state index in [1.165, 1.54) is 7.11 Å². The molecule has 7 nitrogen and oxygen atoms in total. The van der Waals surface area contributed by atoms with Crippen LogP contribution in [0.15, 0.2) is 65.5 Å². The third-order valence-corrected chi connectivity index (χ3v) is 4.83. The molecule has 2 aromatic carbocycles. The van der Waals surface area contributed by atoms with Crippen molar-refractivity contribution in [2.75, 3.05) is 13.7 Å². The molecule has 0 bridgehead atoms. The molecule has 4 rings (SSSR count). The Morgan fingerprint density at radius 2 is 2.07 bits per heavy atom. The summed E-state index contributed by atoms with van der Waals surface area (Å²) in [6.07, 6.45) is 6.95. The number of benzene rings is 2. The third-order valence-electron chi connectivity index (χ3n) is 4.83. The molecule has 7 heteroatoms. The molecule has 0 unspecified atom stereocenters. The third kappa shape index (κ3) is 3.83. The minimum atomic E-state index is -0.524. The van der Waals surface area contributed by atoms with Crippen LogP contribution in [0.1, 0.15) is 33.2 Å². The number of carbonyl (C=O) groups is 1. The summed E-state index contributed by atoms with van der Waals surface area (Å²) in [5, 5.41) is 20.6. The summed E-state index contributed by atoms with van der Waals surface area (Å²) in [5.74, 6) is 0.0676. The molecule has 0 saturated heterocycles. The lowest BCUT2D eigenvalue weighted by Gasteiger charge is -2.18. The van der Waals surface area contributed by atoms with E-state index >= 15 is 0 Å². The Morgan fingerprint density at radius 3 is 2.77 bits per heavy atom. The van der Waals surface area contributed by atoms with Crippen LogP contribution in [-0.4, -0.2) is 34.9 Å². The van der Waals surface area contributed by atoms with E-state index in [0.717, 1.165) is 11.1 Å². The van der Waals surface area contributed by atoms with Gasteiger partial charge >= 0.3 is 0 Å². The van der Waals surface area contributed by atoms with Crippen LogP contribution in [0, 0.1) is 0 Å². The van der Waals surface area contributed by atoms with Crippen molar-refractivity contribution < 1.29 is 19.1 Å². The van der Waals surface area contributed by atoms with Crippen LogP contribution in [0.5, 0.6) is 5.75 Å². The Hall–Kier alpha value is -3.84. The summed E-state index contributed by atoms with van der Waals surface area (Å²) in [4.78, 5) is 13.0. The second kappa shape index (κ2) is 8.67. The van der Waals surface area contributed by atoms with Gasteiger partial charge in [-0.15, -0.1) is 0 Å². The number of aliphatic hydroxyl groups is 1. The van der Waals surface area contributed by atoms with Gasteiger partial charge in [-0.25, -0.2) is 0 Å². The first kappa shape index (κ1) is 19.5. The number of H-pyrrole nitrogens is 1. The quantitative estimate of drug-likeness (QED) is 0.436. The molecule has 1 amide bonds. The van der Waals surface area contributed by atoms with Gasteiger partial charge in [-0.05, 0) is 35.9 Å². The smallest absolute Gasteiger partial charge is 0.255 e. The number of hydrogen-bond acceptors (Lipinski definition) is 5. The van der Waals surface area contributed by atoms with Crippen molar-refractivity contribution in [3.8, 4) is 5.75 Å². The first-order valence-electron chi connectivity index (χ1n) is 9.43. The van der Waals surface area contributed by atoms with Crippen LogP contribution >= 0.6 is 0 Å². The number of nitrogens with zero attached hydrogens (tertiary/aromatic N) is 1. The van der Waals surface area contributed by atoms with Crippen LogP contribution in [0.4, 0.5) is 0 Å². The van der Waals surface area contributed by atoms with E-state index in [1.807, 2.05) is 48.6 Å². The number of aromatic amines is 1. The highest BCUT2D eigenvalue weighted by Crippen LogP contribution is 2.32. The second-order valence-electron chi connectivity index (χ2n) is 6.69. The van der Waals surface area contributed by atoms with Crippen molar-refractivity contribution in [1.29, 1.82) is 0 Å². The number of ether oxygens (including phenoxy) is 1. The zero-order valence-electron chi connectivity index (χ0n) is 16.3. The highest BCUT2D eigenvalue weighted by Gasteiger charge is 2.21. The van der Waals surface area contributed by atoms with Gasteiger partial charge in [0.05, 0.1) is 54.4 Å². The maximum absolute atomic E-state index is 13.0. The number of aromatic nitrogens is 2. The molecule has 152 valence electrons. The van der Waals surface area contributed by atoms with Gasteiger partial charge in [-0.1, -0.05) is 30.3 Å². The van der Waals surface area contributed by atoms with Crippen molar-refractivity contribution in [3.05, 3.63) is 83.4 Å². The summed E-state index contributed by atoms with van der Waals surface area (Å²) < 4.78 is 10.7. The number of amides is 1. The molecule has 2 aromatic heterocycles. The van der Waals surface area contributed by atoms with Crippen molar-refractivity contribution in [2.24, 2.45) is 0 Å². The van der Waals surface area contributed by atoms with Gasteiger partial charge in [-0.2, -0.15) is 5.10 Å². The molecule has 0 aliphatic heterocycles. The van der Waals surface area contributed by atoms with Crippen LogP contribution in [0.25, 0.3) is 23.1 Å². The summed E-state index contributed by atoms with van der Waals surface area (Å²) in [5.41, 5.74) is 3.47. The second-order valence-corrected chi connectivity index (χ2v) is 6.69. The van der Waals surface area contributed by atoms with Crippen molar-refractivity contribution >= 4 is 29.0 Å². The zero-order chi connectivity index (χ0) is 20.9. The molecule has 0 fully saturated rings. The molecule has 30 heavy (non-hydrogen) atoms. The number of rotatable bonds is 7. The van der Waals surface area contributed by atoms with E-state index in [4.69, 9.17) is 9.15 Å². The SMILES string of the molecule is COc1c(C(=O)N[C@H](CO)c2ccccc2)ccc2n[nH]c(/C=C/c3ccoc3)c12. The van der Waals surface area contributed by atoms with Crippen LogP contribution < -0.4 is 10.1 Å². The monoisotopic (exact) mass is 403 g/mol. The summed E-state index contributed by atoms with van der Waals surface area (Å²) in [6, 6.07) is 14.1. The van der Waals surface area contributed by atoms with Gasteiger partial charge in [0.15, 0.2) is 0 Å². The van der Waals surface area contributed by atoms with Crippen molar-refractivity contribution in [2.45, 2.75) is 6.04 Å². The fraction of sp³-hybridized carbons (Fsp3) is 0.130. The molecular weight excluding hydrogens is 382 g/mol. The molecular formula is C23H21N3O4. The molecule has 1 atom stereocenters. The average Bonchev–Trinajstić information content (AvgIpc) is 3.45. The summed E-state index contributed by atoms with van der Waals surface area (Å²) >= 11 is 0. The Kier molecular flexibility index (Phi) is 5.63. The normalized spacial score (nSPS) is 12.3. The molecule has 3 N–H and O–H groups in total. The molecule has 0 spiro atoms. The Balaban J connectivity index is 1.68. The molecule has 4 aromatic rings. The van der Waals surface area contributed by atoms with E-state index in [1.54, 1.807) is 24.7 Å². The highest BCUT2D eigenvalue weighted by molar-refractivity contribution is 6.05. The number of aliphatic hydroxyl groups excluding tert-OH is 1. The minimum absolute atomic E-state index is 0.218. The van der Waals surface area contributed by atoms with Gasteiger partial charge in [0.2, 0.25) is 0 Å². The van der Waals surface area contributed by atoms with Crippen LogP contribution in [0.3, 0.4) is 0 Å². The minimum Gasteiger partial charge on any atom is -0.495 e. The first-order chi connectivity index (χ1) is 14.7. The highest BCUT2D eigenvalue weighted by atomic mass is 16.5. The van der Waals surface area contributed by atoms with Crippen LogP contribution in [-0.2, 0) is 0 Å². The van der Waals surface area contributed by atoms with Gasteiger partial charge in [0, 0.05) is 5.56 Å². The number of nitrogens with one attached hydrogen (secondary N) is 2. The Bertz CT molecular complexity index is 1160. The number of fused-ring (bicyclic) bond motifs is 1. The van der Waals surface area contributed by atoms with E-state index in [0.29, 0.717) is 27.9 Å². The fourth-order valence-corrected chi connectivity index (χ4v) is 3.32. The lowest BCUT2D eigenvalue weighted by Crippen LogP contribution is -2.31. The standard InChI is InChI=1S/C23H21N3O4/c1-29-22-17(23(28)24-20(13-27)16-5-3-2-4-6-16)8-10-19-21(22)18(25-26-19)9-7-15-11-12-30-14-15/h2-12,14,20,27H,13H2,1H3,(H,24,28)(H,25,26)/b9-7+/t20-/m1/s1. The van der Waals surface area contributed by atoms with Gasteiger partial charge in [-0.3, -0.25) is 9.89 Å². The molecule has 0 radical (unpaired) electrons. The first-order valence-corrected chi connectivity index (χ1v) is 9.43. The maximum atomic E-state index is 13.0. The number of methoxy groups -OCH3 is 1. The lowest BCUT2D eigenvalue weighted by atomic mass is 10.0. The molecule has 0 aliphatic carbocycles. The summed E-state index contributed by atoms with van der Waals surface area (Å²) in [7, 11) is 1.52. The Morgan fingerprint density at radius 1 is 1.23 bits per heavy atom. The predicted molar refractivity (Wildman–Crippen MR) is 114 cm³/mol. The zero-order valence-corrected chi connectivity index (χ0v) is 16.3. The van der Waals surface area contributed by atoms with E-state index < -0.39 is 6.04 Å². The fourth-order valence-electron chi connectivity index (χ4n) is 3.32. The number of furan rings is 1. The van der Waals surface area contributed by atoms with Crippen molar-refractivity contribution in [3.63, 3.8) is 0 Å². The maximum Gasteiger partial charge on any atom is 0.255 e.